The van der Waals surface area contributed by atoms with Gasteiger partial charge in [-0.3, -0.25) is 0 Å². The van der Waals surface area contributed by atoms with Gasteiger partial charge in [0, 0.05) is 35.1 Å². The van der Waals surface area contributed by atoms with Crippen molar-refractivity contribution >= 4 is 27.0 Å². The number of nitrogens with zero attached hydrogens (tertiary/aromatic N) is 1. The first-order valence-electron chi connectivity index (χ1n) is 4.38. The molecule has 14 heavy (non-hydrogen) atoms. The maximum absolute atomic E-state index is 4.25. The fourth-order valence-corrected chi connectivity index (χ4v) is 1.42. The molecule has 2 aromatic heterocycles. The van der Waals surface area contributed by atoms with Crippen molar-refractivity contribution in [3.63, 3.8) is 0 Å². The lowest BCUT2D eigenvalue weighted by atomic mass is 10.2. The van der Waals surface area contributed by atoms with Crippen LogP contribution < -0.4 is 0 Å². The number of alkyl halides is 1. The zero-order valence-corrected chi connectivity index (χ0v) is 9.13. The smallest absolute Gasteiger partial charge is 0.137 e. The summed E-state index contributed by atoms with van der Waals surface area (Å²) in [6.07, 6.45) is 4.54. The number of halogens is 1. The molecule has 0 fully saturated rings. The van der Waals surface area contributed by atoms with Crippen molar-refractivity contribution in [3.05, 3.63) is 30.1 Å². The molecular weight excluding hydrogens is 240 g/mol. The van der Waals surface area contributed by atoms with Gasteiger partial charge >= 0.3 is 0 Å². The van der Waals surface area contributed by atoms with Crippen LogP contribution in [0.15, 0.2) is 24.5 Å². The average Bonchev–Trinajstić information content (AvgIpc) is 2.65. The predicted molar refractivity (Wildman–Crippen MR) is 61.4 cm³/mol. The van der Waals surface area contributed by atoms with E-state index in [1.54, 1.807) is 6.20 Å². The van der Waals surface area contributed by atoms with Crippen LogP contribution in [0, 0.1) is 11.8 Å². The molecule has 0 unspecified atom stereocenters. The molecule has 1 N–H and O–H groups in total. The quantitative estimate of drug-likeness (QED) is 0.611. The van der Waals surface area contributed by atoms with Crippen molar-refractivity contribution in [2.45, 2.75) is 6.42 Å². The molecule has 0 radical (unpaired) electrons. The summed E-state index contributed by atoms with van der Waals surface area (Å²) < 4.78 is 0. The van der Waals surface area contributed by atoms with Gasteiger partial charge in [0.05, 0.1) is 0 Å². The van der Waals surface area contributed by atoms with Gasteiger partial charge in [0.2, 0.25) is 0 Å². The Morgan fingerprint density at radius 2 is 2.43 bits per heavy atom. The monoisotopic (exact) mass is 248 g/mol. The van der Waals surface area contributed by atoms with E-state index in [1.165, 1.54) is 0 Å². The third-order valence-electron chi connectivity index (χ3n) is 1.85. The van der Waals surface area contributed by atoms with E-state index in [0.717, 1.165) is 28.3 Å². The molecule has 0 bridgehead atoms. The molecule has 0 saturated heterocycles. The highest BCUT2D eigenvalue weighted by atomic mass is 79.9. The molecule has 2 nitrogen and oxygen atoms in total. The molecule has 0 aliphatic carbocycles. The highest BCUT2D eigenvalue weighted by Gasteiger charge is 1.94. The number of aromatic amines is 1. The normalized spacial score (nSPS) is 9.79. The summed E-state index contributed by atoms with van der Waals surface area (Å²) >= 11 is 3.33. The van der Waals surface area contributed by atoms with Crippen LogP contribution in [-0.4, -0.2) is 15.3 Å². The standard InChI is InChI=1S/C11H9BrN2/c12-5-2-1-3-9-7-10-4-6-13-11(10)14-8-9/h4,6-8H,2,5H2,(H,13,14). The SMILES string of the molecule is BrCCC#Cc1cnc2[nH]ccc2c1. The van der Waals surface area contributed by atoms with Crippen LogP contribution in [0.2, 0.25) is 0 Å². The molecule has 0 aliphatic rings. The summed E-state index contributed by atoms with van der Waals surface area (Å²) in [6.45, 7) is 0. The van der Waals surface area contributed by atoms with Crippen molar-refractivity contribution in [2.75, 3.05) is 5.33 Å². The predicted octanol–water partition coefficient (Wildman–Crippen LogP) is 2.70. The first-order chi connectivity index (χ1) is 6.90. The van der Waals surface area contributed by atoms with Gasteiger partial charge in [-0.25, -0.2) is 4.98 Å². The number of H-pyrrole nitrogens is 1. The lowest BCUT2D eigenvalue weighted by Gasteiger charge is -1.90. The Balaban J connectivity index is 2.31. The lowest BCUT2D eigenvalue weighted by Crippen LogP contribution is -1.79. The summed E-state index contributed by atoms with van der Waals surface area (Å²) in [6, 6.07) is 4.04. The summed E-state index contributed by atoms with van der Waals surface area (Å²) in [4.78, 5) is 7.30. The summed E-state index contributed by atoms with van der Waals surface area (Å²) in [5.41, 5.74) is 1.88. The second-order valence-corrected chi connectivity index (χ2v) is 3.67. The highest BCUT2D eigenvalue weighted by molar-refractivity contribution is 9.09. The molecule has 0 aliphatic heterocycles. The number of nitrogens with one attached hydrogen (secondary N) is 1. The zero-order valence-electron chi connectivity index (χ0n) is 7.55. The Bertz CT molecular complexity index is 490. The van der Waals surface area contributed by atoms with Gasteiger partial charge in [-0.15, -0.1) is 0 Å². The van der Waals surface area contributed by atoms with Gasteiger partial charge in [0.1, 0.15) is 5.65 Å². The first kappa shape index (κ1) is 9.29. The van der Waals surface area contributed by atoms with E-state index in [9.17, 15) is 0 Å². The summed E-state index contributed by atoms with van der Waals surface area (Å²) in [7, 11) is 0. The number of aromatic nitrogens is 2. The lowest BCUT2D eigenvalue weighted by molar-refractivity contribution is 1.30. The molecule has 0 atom stereocenters. The number of pyridine rings is 1. The van der Waals surface area contributed by atoms with Gasteiger partial charge in [-0.2, -0.15) is 0 Å². The van der Waals surface area contributed by atoms with Crippen molar-refractivity contribution in [3.8, 4) is 11.8 Å². The molecule has 2 rings (SSSR count). The molecule has 3 heteroatoms. The fourth-order valence-electron chi connectivity index (χ4n) is 1.22. The third-order valence-corrected chi connectivity index (χ3v) is 2.25. The summed E-state index contributed by atoms with van der Waals surface area (Å²) in [5, 5.41) is 2.02. The second kappa shape index (κ2) is 4.30. The largest absolute Gasteiger partial charge is 0.346 e. The Labute approximate surface area is 90.9 Å². The Morgan fingerprint density at radius 3 is 3.29 bits per heavy atom. The maximum Gasteiger partial charge on any atom is 0.137 e. The van der Waals surface area contributed by atoms with E-state index >= 15 is 0 Å². The van der Waals surface area contributed by atoms with Crippen LogP contribution in [0.1, 0.15) is 12.0 Å². The van der Waals surface area contributed by atoms with Crippen molar-refractivity contribution < 1.29 is 0 Å². The van der Waals surface area contributed by atoms with Crippen LogP contribution in [0.4, 0.5) is 0 Å². The van der Waals surface area contributed by atoms with E-state index in [-0.39, 0.29) is 0 Å². The molecule has 70 valence electrons. The maximum atomic E-state index is 4.25. The highest BCUT2D eigenvalue weighted by Crippen LogP contribution is 2.10. The van der Waals surface area contributed by atoms with E-state index in [0.29, 0.717) is 0 Å². The Kier molecular flexibility index (Phi) is 2.85. The molecule has 0 amide bonds. The third kappa shape index (κ3) is 1.97. The number of hydrogen-bond donors (Lipinski definition) is 1. The van der Waals surface area contributed by atoms with Gasteiger partial charge in [-0.05, 0) is 12.1 Å². The van der Waals surface area contributed by atoms with Gasteiger partial charge < -0.3 is 4.98 Å². The Hall–Kier alpha value is -1.27. The number of hydrogen-bond acceptors (Lipinski definition) is 1. The molecule has 2 heterocycles. The van der Waals surface area contributed by atoms with Crippen molar-refractivity contribution in [1.82, 2.24) is 9.97 Å². The zero-order chi connectivity index (χ0) is 9.80. The molecular formula is C11H9BrN2. The molecule has 0 saturated carbocycles. The van der Waals surface area contributed by atoms with Gasteiger partial charge in [-0.1, -0.05) is 27.8 Å². The van der Waals surface area contributed by atoms with Crippen LogP contribution in [0.25, 0.3) is 11.0 Å². The van der Waals surface area contributed by atoms with E-state index in [4.69, 9.17) is 0 Å². The number of rotatable bonds is 1. The van der Waals surface area contributed by atoms with E-state index in [1.807, 2.05) is 18.3 Å². The average molecular weight is 249 g/mol. The minimum Gasteiger partial charge on any atom is -0.346 e. The van der Waals surface area contributed by atoms with Gasteiger partial charge in [0.25, 0.3) is 0 Å². The second-order valence-electron chi connectivity index (χ2n) is 2.88. The van der Waals surface area contributed by atoms with Crippen LogP contribution in [-0.2, 0) is 0 Å². The van der Waals surface area contributed by atoms with E-state index in [2.05, 4.69) is 37.7 Å². The van der Waals surface area contributed by atoms with Crippen molar-refractivity contribution in [2.24, 2.45) is 0 Å². The fraction of sp³-hybridized carbons (Fsp3) is 0.182. The van der Waals surface area contributed by atoms with Gasteiger partial charge in [0.15, 0.2) is 0 Å². The van der Waals surface area contributed by atoms with Crippen LogP contribution >= 0.6 is 15.9 Å². The number of fused-ring (bicyclic) bond motifs is 1. The summed E-state index contributed by atoms with van der Waals surface area (Å²) in [5.74, 6) is 6.13. The molecule has 0 aromatic carbocycles. The van der Waals surface area contributed by atoms with Crippen molar-refractivity contribution in [1.29, 1.82) is 0 Å². The minimum absolute atomic E-state index is 0.866. The van der Waals surface area contributed by atoms with E-state index < -0.39 is 0 Å². The molecule has 2 aromatic rings. The Morgan fingerprint density at radius 1 is 1.50 bits per heavy atom. The van der Waals surface area contributed by atoms with Crippen LogP contribution in [0.3, 0.4) is 0 Å². The topological polar surface area (TPSA) is 28.7 Å². The van der Waals surface area contributed by atoms with Crippen LogP contribution in [0.5, 0.6) is 0 Å². The molecule has 0 spiro atoms. The first-order valence-corrected chi connectivity index (χ1v) is 5.50. The minimum atomic E-state index is 0.866.